The van der Waals surface area contributed by atoms with Gasteiger partial charge in [0, 0.05) is 5.70 Å². The van der Waals surface area contributed by atoms with Crippen LogP contribution in [0, 0.1) is 0 Å². The Labute approximate surface area is 61.1 Å². The molecular formula is C7H13NO2. The zero-order chi connectivity index (χ0) is 8.15. The van der Waals surface area contributed by atoms with Gasteiger partial charge in [-0.2, -0.15) is 0 Å². The number of rotatable bonds is 2. The molecule has 0 bridgehead atoms. The highest BCUT2D eigenvalue weighted by Gasteiger charge is 2.02. The minimum Gasteiger partial charge on any atom is -0.447 e. The van der Waals surface area contributed by atoms with E-state index in [0.29, 0.717) is 5.70 Å². The number of hydrogen-bond acceptors (Lipinski definition) is 2. The summed E-state index contributed by atoms with van der Waals surface area (Å²) in [7, 11) is 0. The molecule has 3 nitrogen and oxygen atoms in total. The van der Waals surface area contributed by atoms with E-state index in [0.717, 1.165) is 0 Å². The first-order chi connectivity index (χ1) is 4.52. The highest BCUT2D eigenvalue weighted by atomic mass is 16.6. The van der Waals surface area contributed by atoms with Crippen molar-refractivity contribution in [2.24, 2.45) is 0 Å². The number of carbonyl (C=O) groups is 1. The molecule has 0 radical (unpaired) electrons. The summed E-state index contributed by atoms with van der Waals surface area (Å²) in [4.78, 5) is 10.7. The molecule has 1 amide bonds. The van der Waals surface area contributed by atoms with E-state index in [2.05, 4.69) is 11.9 Å². The highest BCUT2D eigenvalue weighted by Crippen LogP contribution is 1.89. The summed E-state index contributed by atoms with van der Waals surface area (Å²) < 4.78 is 4.75. The van der Waals surface area contributed by atoms with Crippen molar-refractivity contribution in [1.29, 1.82) is 0 Å². The monoisotopic (exact) mass is 143 g/mol. The van der Waals surface area contributed by atoms with Crippen molar-refractivity contribution < 1.29 is 9.53 Å². The Morgan fingerprint density at radius 2 is 2.10 bits per heavy atom. The number of nitrogens with one attached hydrogen (secondary N) is 1. The highest BCUT2D eigenvalue weighted by molar-refractivity contribution is 5.69. The average Bonchev–Trinajstić information content (AvgIpc) is 1.58. The lowest BCUT2D eigenvalue weighted by Gasteiger charge is -2.08. The molecule has 1 N–H and O–H groups in total. The van der Waals surface area contributed by atoms with Gasteiger partial charge in [-0.1, -0.05) is 6.58 Å². The van der Waals surface area contributed by atoms with Gasteiger partial charge in [0.25, 0.3) is 0 Å². The number of allylic oxidation sites excluding steroid dienone is 1. The normalized spacial score (nSPS) is 9.20. The van der Waals surface area contributed by atoms with Crippen LogP contribution in [0.1, 0.15) is 20.8 Å². The molecule has 0 unspecified atom stereocenters. The topological polar surface area (TPSA) is 38.3 Å². The third kappa shape index (κ3) is 5.15. The van der Waals surface area contributed by atoms with E-state index in [1.807, 2.05) is 0 Å². The lowest BCUT2D eigenvalue weighted by Crippen LogP contribution is -2.24. The lowest BCUT2D eigenvalue weighted by atomic mass is 10.5. The Kier molecular flexibility index (Phi) is 3.54. The largest absolute Gasteiger partial charge is 0.447 e. The van der Waals surface area contributed by atoms with Gasteiger partial charge >= 0.3 is 6.09 Å². The molecule has 3 heteroatoms. The molecule has 0 atom stereocenters. The maximum absolute atomic E-state index is 10.7. The lowest BCUT2D eigenvalue weighted by molar-refractivity contribution is 0.118. The second-order valence-corrected chi connectivity index (χ2v) is 2.36. The Balaban J connectivity index is 3.54. The first kappa shape index (κ1) is 9.01. The fraction of sp³-hybridized carbons (Fsp3) is 0.571. The zero-order valence-corrected chi connectivity index (χ0v) is 6.60. The third-order valence-corrected chi connectivity index (χ3v) is 0.658. The van der Waals surface area contributed by atoms with Crippen LogP contribution in [0.5, 0.6) is 0 Å². The third-order valence-electron chi connectivity index (χ3n) is 0.658. The first-order valence-electron chi connectivity index (χ1n) is 3.15. The molecule has 0 aliphatic heterocycles. The summed E-state index contributed by atoms with van der Waals surface area (Å²) in [6.45, 7) is 8.77. The molecule has 0 heterocycles. The standard InChI is InChI=1S/C7H13NO2/c1-5(2)8-7(9)10-6(3)4/h6H,1H2,2-4H3,(H,8,9). The zero-order valence-electron chi connectivity index (χ0n) is 6.60. The van der Waals surface area contributed by atoms with E-state index in [4.69, 9.17) is 4.74 Å². The number of ether oxygens (including phenoxy) is 1. The number of carbonyl (C=O) groups excluding carboxylic acids is 1. The second kappa shape index (κ2) is 3.93. The molecule has 58 valence electrons. The van der Waals surface area contributed by atoms with E-state index in [9.17, 15) is 4.79 Å². The maximum Gasteiger partial charge on any atom is 0.411 e. The van der Waals surface area contributed by atoms with Gasteiger partial charge in [-0.15, -0.1) is 0 Å². The van der Waals surface area contributed by atoms with Gasteiger partial charge in [-0.05, 0) is 20.8 Å². The molecular weight excluding hydrogens is 130 g/mol. The first-order valence-corrected chi connectivity index (χ1v) is 3.15. The summed E-state index contributed by atoms with van der Waals surface area (Å²) >= 11 is 0. The van der Waals surface area contributed by atoms with E-state index < -0.39 is 6.09 Å². The van der Waals surface area contributed by atoms with Gasteiger partial charge in [0.05, 0.1) is 6.10 Å². The molecule has 0 saturated carbocycles. The van der Waals surface area contributed by atoms with E-state index in [1.165, 1.54) is 0 Å². The molecule has 0 aromatic heterocycles. The van der Waals surface area contributed by atoms with Crippen molar-refractivity contribution in [3.8, 4) is 0 Å². The van der Waals surface area contributed by atoms with Gasteiger partial charge < -0.3 is 4.74 Å². The molecule has 0 fully saturated rings. The predicted molar refractivity (Wildman–Crippen MR) is 39.6 cm³/mol. The van der Waals surface area contributed by atoms with Gasteiger partial charge in [-0.3, -0.25) is 5.32 Å². The predicted octanol–water partition coefficient (Wildman–Crippen LogP) is 1.65. The van der Waals surface area contributed by atoms with Crippen molar-refractivity contribution in [2.45, 2.75) is 26.9 Å². The minimum absolute atomic E-state index is 0.0839. The van der Waals surface area contributed by atoms with Crippen molar-refractivity contribution in [3.63, 3.8) is 0 Å². The quantitative estimate of drug-likeness (QED) is 0.638. The van der Waals surface area contributed by atoms with Crippen LogP contribution >= 0.6 is 0 Å². The Hall–Kier alpha value is -0.990. The molecule has 0 spiro atoms. The summed E-state index contributed by atoms with van der Waals surface area (Å²) in [5.41, 5.74) is 0.589. The van der Waals surface area contributed by atoms with Crippen molar-refractivity contribution in [1.82, 2.24) is 5.32 Å². The van der Waals surface area contributed by atoms with E-state index in [1.54, 1.807) is 20.8 Å². The Bertz CT molecular complexity index is 141. The van der Waals surface area contributed by atoms with Gasteiger partial charge in [0.1, 0.15) is 0 Å². The van der Waals surface area contributed by atoms with Crippen LogP contribution in [0.2, 0.25) is 0 Å². The van der Waals surface area contributed by atoms with Gasteiger partial charge in [0.15, 0.2) is 0 Å². The molecule has 0 aliphatic carbocycles. The van der Waals surface area contributed by atoms with Crippen LogP contribution in [0.4, 0.5) is 4.79 Å². The minimum atomic E-state index is -0.442. The van der Waals surface area contributed by atoms with Crippen LogP contribution in [-0.2, 0) is 4.74 Å². The Morgan fingerprint density at radius 3 is 2.40 bits per heavy atom. The molecule has 0 aromatic rings. The summed E-state index contributed by atoms with van der Waals surface area (Å²) in [6, 6.07) is 0. The number of amides is 1. The number of hydrogen-bond donors (Lipinski definition) is 1. The van der Waals surface area contributed by atoms with Crippen LogP contribution in [0.15, 0.2) is 12.3 Å². The average molecular weight is 143 g/mol. The second-order valence-electron chi connectivity index (χ2n) is 2.36. The van der Waals surface area contributed by atoms with E-state index in [-0.39, 0.29) is 6.10 Å². The van der Waals surface area contributed by atoms with Gasteiger partial charge in [-0.25, -0.2) is 4.79 Å². The summed E-state index contributed by atoms with van der Waals surface area (Å²) in [5.74, 6) is 0. The molecule has 0 rings (SSSR count). The number of alkyl carbamates (subject to hydrolysis) is 1. The van der Waals surface area contributed by atoms with Crippen molar-refractivity contribution in [2.75, 3.05) is 0 Å². The summed E-state index contributed by atoms with van der Waals surface area (Å²) in [6.07, 6.45) is -0.526. The SMILES string of the molecule is C=C(C)NC(=O)OC(C)C. The molecule has 0 aromatic carbocycles. The summed E-state index contributed by atoms with van der Waals surface area (Å²) in [5, 5.41) is 2.42. The fourth-order valence-electron chi connectivity index (χ4n) is 0.418. The van der Waals surface area contributed by atoms with Crippen LogP contribution in [0.3, 0.4) is 0 Å². The Morgan fingerprint density at radius 1 is 1.60 bits per heavy atom. The van der Waals surface area contributed by atoms with E-state index >= 15 is 0 Å². The molecule has 10 heavy (non-hydrogen) atoms. The smallest absolute Gasteiger partial charge is 0.411 e. The van der Waals surface area contributed by atoms with Crippen LogP contribution in [-0.4, -0.2) is 12.2 Å². The molecule has 0 aliphatic rings. The van der Waals surface area contributed by atoms with Crippen LogP contribution in [0.25, 0.3) is 0 Å². The van der Waals surface area contributed by atoms with Crippen LogP contribution < -0.4 is 5.32 Å². The molecule has 0 saturated heterocycles. The van der Waals surface area contributed by atoms with Gasteiger partial charge in [0.2, 0.25) is 0 Å². The van der Waals surface area contributed by atoms with Crippen molar-refractivity contribution in [3.05, 3.63) is 12.3 Å². The fourth-order valence-corrected chi connectivity index (χ4v) is 0.418. The van der Waals surface area contributed by atoms with Crippen molar-refractivity contribution >= 4 is 6.09 Å². The maximum atomic E-state index is 10.7.